The van der Waals surface area contributed by atoms with Gasteiger partial charge >= 0.3 is 0 Å². The molecular weight excluding hydrogens is 232 g/mol. The fourth-order valence-electron chi connectivity index (χ4n) is 1.91. The molecule has 0 aromatic heterocycles. The summed E-state index contributed by atoms with van der Waals surface area (Å²) in [6.07, 6.45) is 1.83. The smallest absolute Gasteiger partial charge is 0.0675 e. The molecule has 0 fully saturated rings. The topological polar surface area (TPSA) is 24.4 Å². The van der Waals surface area contributed by atoms with Crippen molar-refractivity contribution in [3.8, 4) is 0 Å². The van der Waals surface area contributed by atoms with Crippen LogP contribution < -0.4 is 5.32 Å². The number of rotatable bonds is 4. The van der Waals surface area contributed by atoms with Gasteiger partial charge in [-0.2, -0.15) is 0 Å². The van der Waals surface area contributed by atoms with Crippen LogP contribution in [0.3, 0.4) is 0 Å². The average Bonchev–Trinajstić information content (AvgIpc) is 2.42. The zero-order valence-corrected chi connectivity index (χ0v) is 11.8. The molecule has 2 heteroatoms. The van der Waals surface area contributed by atoms with Crippen molar-refractivity contribution in [2.24, 2.45) is 4.99 Å². The van der Waals surface area contributed by atoms with Gasteiger partial charge < -0.3 is 5.32 Å². The summed E-state index contributed by atoms with van der Waals surface area (Å²) in [4.78, 5) is 4.37. The van der Waals surface area contributed by atoms with Crippen LogP contribution in [0.15, 0.2) is 47.5 Å². The molecule has 2 nitrogen and oxygen atoms in total. The highest BCUT2D eigenvalue weighted by molar-refractivity contribution is 5.66. The second-order valence-corrected chi connectivity index (χ2v) is 4.73. The predicted molar refractivity (Wildman–Crippen MR) is 83.5 cm³/mol. The second-order valence-electron chi connectivity index (χ2n) is 4.73. The van der Waals surface area contributed by atoms with E-state index in [0.29, 0.717) is 0 Å². The summed E-state index contributed by atoms with van der Waals surface area (Å²) in [6.45, 7) is 6.95. The van der Waals surface area contributed by atoms with E-state index in [-0.39, 0.29) is 0 Å². The van der Waals surface area contributed by atoms with Crippen LogP contribution in [0.2, 0.25) is 0 Å². The van der Waals surface area contributed by atoms with Crippen molar-refractivity contribution >= 4 is 17.6 Å². The van der Waals surface area contributed by atoms with Gasteiger partial charge in [0.05, 0.1) is 5.69 Å². The molecule has 0 unspecified atom stereocenters. The normalized spacial score (nSPS) is 10.9. The van der Waals surface area contributed by atoms with Crippen LogP contribution in [-0.2, 0) is 6.54 Å². The van der Waals surface area contributed by atoms with Gasteiger partial charge in [0.2, 0.25) is 0 Å². The molecule has 0 atom stereocenters. The number of aliphatic imine (C=N–C) groups is 1. The van der Waals surface area contributed by atoms with Crippen molar-refractivity contribution in [2.75, 3.05) is 5.32 Å². The van der Waals surface area contributed by atoms with Crippen molar-refractivity contribution < 1.29 is 0 Å². The van der Waals surface area contributed by atoms with E-state index in [9.17, 15) is 0 Å². The molecule has 0 aliphatic carbocycles. The van der Waals surface area contributed by atoms with Crippen molar-refractivity contribution in [2.45, 2.75) is 27.3 Å². The Bertz CT molecular complexity index is 568. The van der Waals surface area contributed by atoms with Crippen LogP contribution in [0.5, 0.6) is 0 Å². The van der Waals surface area contributed by atoms with E-state index >= 15 is 0 Å². The van der Waals surface area contributed by atoms with Crippen molar-refractivity contribution in [1.82, 2.24) is 0 Å². The quantitative estimate of drug-likeness (QED) is 0.788. The third-order valence-corrected chi connectivity index (χ3v) is 3.09. The van der Waals surface area contributed by atoms with Crippen LogP contribution in [0.25, 0.3) is 0 Å². The number of nitrogens with one attached hydrogen (secondary N) is 1. The summed E-state index contributed by atoms with van der Waals surface area (Å²) < 4.78 is 0. The molecule has 2 aromatic rings. The van der Waals surface area contributed by atoms with Gasteiger partial charge in [0.1, 0.15) is 0 Å². The van der Waals surface area contributed by atoms with E-state index in [0.717, 1.165) is 17.9 Å². The van der Waals surface area contributed by atoms with E-state index in [1.807, 2.05) is 13.1 Å². The number of aryl methyl sites for hydroxylation is 2. The molecule has 2 aromatic carbocycles. The Morgan fingerprint density at radius 1 is 1.05 bits per heavy atom. The van der Waals surface area contributed by atoms with Gasteiger partial charge in [-0.15, -0.1) is 0 Å². The highest BCUT2D eigenvalue weighted by Gasteiger charge is 1.99. The van der Waals surface area contributed by atoms with Gasteiger partial charge in [-0.25, -0.2) is 0 Å². The standard InChI is InChI=1S/C17H20N2/c1-4-18-17-11-16(10-7-14(17)3)19-12-15-8-5-13(2)6-9-15/h4-11,19H,12H2,1-3H3. The second kappa shape index (κ2) is 6.19. The molecule has 0 spiro atoms. The Morgan fingerprint density at radius 3 is 2.47 bits per heavy atom. The summed E-state index contributed by atoms with van der Waals surface area (Å²) >= 11 is 0. The maximum atomic E-state index is 4.37. The van der Waals surface area contributed by atoms with Crippen LogP contribution in [0.1, 0.15) is 23.6 Å². The number of hydrogen-bond donors (Lipinski definition) is 1. The molecule has 0 saturated heterocycles. The van der Waals surface area contributed by atoms with Gasteiger partial charge in [0, 0.05) is 18.4 Å². The summed E-state index contributed by atoms with van der Waals surface area (Å²) in [5.41, 5.74) is 5.90. The fourth-order valence-corrected chi connectivity index (χ4v) is 1.91. The van der Waals surface area contributed by atoms with Crippen molar-refractivity contribution in [1.29, 1.82) is 0 Å². The number of hydrogen-bond acceptors (Lipinski definition) is 2. The third kappa shape index (κ3) is 3.68. The zero-order chi connectivity index (χ0) is 13.7. The molecule has 0 aliphatic rings. The molecule has 1 N–H and O–H groups in total. The van der Waals surface area contributed by atoms with E-state index < -0.39 is 0 Å². The Morgan fingerprint density at radius 2 is 1.79 bits per heavy atom. The molecule has 0 bridgehead atoms. The zero-order valence-electron chi connectivity index (χ0n) is 11.8. The van der Waals surface area contributed by atoms with Gasteiger partial charge in [0.15, 0.2) is 0 Å². The number of anilines is 1. The molecule has 19 heavy (non-hydrogen) atoms. The van der Waals surface area contributed by atoms with E-state index in [4.69, 9.17) is 0 Å². The highest BCUT2D eigenvalue weighted by atomic mass is 14.9. The van der Waals surface area contributed by atoms with Gasteiger partial charge in [-0.1, -0.05) is 35.9 Å². The maximum absolute atomic E-state index is 4.37. The lowest BCUT2D eigenvalue weighted by Crippen LogP contribution is -1.99. The lowest BCUT2D eigenvalue weighted by Gasteiger charge is -2.09. The molecule has 0 heterocycles. The number of benzene rings is 2. The minimum Gasteiger partial charge on any atom is -0.381 e. The lowest BCUT2D eigenvalue weighted by molar-refractivity contribution is 1.14. The van der Waals surface area contributed by atoms with Crippen molar-refractivity contribution in [3.05, 3.63) is 59.2 Å². The van der Waals surface area contributed by atoms with E-state index in [1.165, 1.54) is 16.7 Å². The van der Waals surface area contributed by atoms with Crippen LogP contribution in [-0.4, -0.2) is 6.21 Å². The van der Waals surface area contributed by atoms with E-state index in [1.54, 1.807) is 0 Å². The monoisotopic (exact) mass is 252 g/mol. The summed E-state index contributed by atoms with van der Waals surface area (Å²) in [6, 6.07) is 14.9. The van der Waals surface area contributed by atoms with Gasteiger partial charge in [-0.05, 0) is 44.0 Å². The summed E-state index contributed by atoms with van der Waals surface area (Å²) in [7, 11) is 0. The Hall–Kier alpha value is -2.09. The molecule has 0 radical (unpaired) electrons. The predicted octanol–water partition coefficient (Wildman–Crippen LogP) is 4.64. The van der Waals surface area contributed by atoms with Crippen molar-refractivity contribution in [3.63, 3.8) is 0 Å². The highest BCUT2D eigenvalue weighted by Crippen LogP contribution is 2.23. The fraction of sp³-hybridized carbons (Fsp3) is 0.235. The van der Waals surface area contributed by atoms with E-state index in [2.05, 4.69) is 66.6 Å². The molecule has 2 rings (SSSR count). The molecule has 0 saturated carbocycles. The van der Waals surface area contributed by atoms with Crippen LogP contribution >= 0.6 is 0 Å². The Labute approximate surface area is 115 Å². The molecule has 98 valence electrons. The molecule has 0 amide bonds. The third-order valence-electron chi connectivity index (χ3n) is 3.09. The largest absolute Gasteiger partial charge is 0.381 e. The SMILES string of the molecule is CC=Nc1cc(NCc2ccc(C)cc2)ccc1C. The molecular formula is C17H20N2. The van der Waals surface area contributed by atoms with Gasteiger partial charge in [0.25, 0.3) is 0 Å². The minimum atomic E-state index is 0.832. The van der Waals surface area contributed by atoms with Crippen LogP contribution in [0.4, 0.5) is 11.4 Å². The minimum absolute atomic E-state index is 0.832. The maximum Gasteiger partial charge on any atom is 0.0675 e. The summed E-state index contributed by atoms with van der Waals surface area (Å²) in [5, 5.41) is 3.43. The molecule has 0 aliphatic heterocycles. The lowest BCUT2D eigenvalue weighted by atomic mass is 10.1. The Kier molecular flexibility index (Phi) is 4.35. The van der Waals surface area contributed by atoms with Crippen LogP contribution in [0, 0.1) is 13.8 Å². The first-order valence-corrected chi connectivity index (χ1v) is 6.58. The first-order chi connectivity index (χ1) is 9.19. The first kappa shape index (κ1) is 13.3. The Balaban J connectivity index is 2.07. The number of nitrogens with zero attached hydrogens (tertiary/aromatic N) is 1. The van der Waals surface area contributed by atoms with Gasteiger partial charge in [-0.3, -0.25) is 4.99 Å². The average molecular weight is 252 g/mol. The summed E-state index contributed by atoms with van der Waals surface area (Å²) in [5.74, 6) is 0. The first-order valence-electron chi connectivity index (χ1n) is 6.58.